The number of ether oxygens (including phenoxy) is 1. The minimum atomic E-state index is -5.12. The second-order valence-corrected chi connectivity index (χ2v) is 8.47. The van der Waals surface area contributed by atoms with Crippen LogP contribution in [-0.4, -0.2) is 71.8 Å². The minimum absolute atomic E-state index is 0.0791. The molecule has 13 heteroatoms. The monoisotopic (exact) mass is 487 g/mol. The number of nitrogens with one attached hydrogen (secondary N) is 1. The fourth-order valence-electron chi connectivity index (χ4n) is 2.97. The van der Waals surface area contributed by atoms with Crippen molar-refractivity contribution in [3.05, 3.63) is 27.8 Å². The molecule has 27 heavy (non-hydrogen) atoms. The summed E-state index contributed by atoms with van der Waals surface area (Å²) < 4.78 is 21.9. The molecule has 2 aromatic rings. The number of phosphoric acid groups is 1. The Morgan fingerprint density at radius 3 is 2.22 bits per heavy atom. The van der Waals surface area contributed by atoms with E-state index in [0.717, 1.165) is 0 Å². The quantitative estimate of drug-likeness (QED) is 0.298. The maximum atomic E-state index is 11.2. The highest BCUT2D eigenvalue weighted by atomic mass is 79.9. The predicted octanol–water partition coefficient (Wildman–Crippen LogP) is 0.266. The highest BCUT2D eigenvalue weighted by Gasteiger charge is 2.53. The zero-order chi connectivity index (χ0) is 20.1. The highest BCUT2D eigenvalue weighted by molar-refractivity contribution is 9.10. The summed E-state index contributed by atoms with van der Waals surface area (Å²) in [5.41, 5.74) is 0.567. The zero-order valence-corrected chi connectivity index (χ0v) is 16.5. The maximum Gasteiger partial charge on any atom is 0.470 e. The van der Waals surface area contributed by atoms with Gasteiger partial charge in [-0.05, 0) is 28.1 Å². The van der Waals surface area contributed by atoms with Crippen molar-refractivity contribution < 1.29 is 44.0 Å². The van der Waals surface area contributed by atoms with Crippen molar-refractivity contribution in [3.8, 4) is 5.75 Å². The lowest BCUT2D eigenvalue weighted by molar-refractivity contribution is -0.213. The smallest absolute Gasteiger partial charge is 0.470 e. The third-order valence-corrected chi connectivity index (χ3v) is 6.07. The molecule has 0 saturated heterocycles. The van der Waals surface area contributed by atoms with Crippen molar-refractivity contribution >= 4 is 46.3 Å². The van der Waals surface area contributed by atoms with E-state index in [1.54, 1.807) is 12.1 Å². The van der Waals surface area contributed by atoms with E-state index in [0.29, 0.717) is 15.4 Å². The molecule has 1 aliphatic carbocycles. The van der Waals surface area contributed by atoms with Gasteiger partial charge in [-0.15, -0.1) is 0 Å². The Labute approximate surface area is 165 Å². The van der Waals surface area contributed by atoms with Gasteiger partial charge in [-0.25, -0.2) is 4.57 Å². The third kappa shape index (κ3) is 4.03. The number of phosphoric ester groups is 1. The van der Waals surface area contributed by atoms with Gasteiger partial charge >= 0.3 is 7.82 Å². The van der Waals surface area contributed by atoms with Gasteiger partial charge in [0.1, 0.15) is 36.3 Å². The molecule has 1 fully saturated rings. The van der Waals surface area contributed by atoms with Gasteiger partial charge in [0.2, 0.25) is 0 Å². The summed E-state index contributed by atoms with van der Waals surface area (Å²) in [5, 5.41) is 40.7. The van der Waals surface area contributed by atoms with Gasteiger partial charge in [-0.2, -0.15) is 0 Å². The average molecular weight is 489 g/mol. The lowest BCUT2D eigenvalue weighted by Gasteiger charge is -2.43. The number of hydrogen-bond acceptors (Lipinski definition) is 7. The molecule has 1 saturated carbocycles. The fourth-order valence-corrected chi connectivity index (χ4v) is 4.12. The van der Waals surface area contributed by atoms with E-state index in [4.69, 9.17) is 26.1 Å². The van der Waals surface area contributed by atoms with E-state index in [1.807, 2.05) is 0 Å². The third-order valence-electron chi connectivity index (χ3n) is 4.27. The number of rotatable bonds is 4. The van der Waals surface area contributed by atoms with Crippen LogP contribution in [0, 0.1) is 0 Å². The standard InChI is InChI=1S/C14H16BrClNO9P/c15-4-1-2-5-7(8(4)16)6(3-17-5)25-13-11(20)9(18)10(19)12(21)14(13)26-27(22,23)24/h1-3,9-14,17-21H,(H2,22,23,24)/t9-,10-,11+,12+,13-,14+/m1/s1. The molecule has 0 unspecified atom stereocenters. The molecule has 0 aliphatic heterocycles. The largest absolute Gasteiger partial charge is 0.482 e. The van der Waals surface area contributed by atoms with Crippen molar-refractivity contribution in [3.63, 3.8) is 0 Å². The van der Waals surface area contributed by atoms with Crippen molar-refractivity contribution in [2.75, 3.05) is 0 Å². The second-order valence-electron chi connectivity index (χ2n) is 6.04. The molecule has 6 atom stereocenters. The molecule has 7 N–H and O–H groups in total. The van der Waals surface area contributed by atoms with Crippen LogP contribution in [0.2, 0.25) is 5.02 Å². The number of H-pyrrole nitrogens is 1. The first-order valence-corrected chi connectivity index (χ1v) is 10.3. The van der Waals surface area contributed by atoms with Crippen molar-refractivity contribution in [2.45, 2.75) is 36.6 Å². The summed E-state index contributed by atoms with van der Waals surface area (Å²) in [6, 6.07) is 3.37. The highest BCUT2D eigenvalue weighted by Crippen LogP contribution is 2.43. The molecule has 3 rings (SSSR count). The van der Waals surface area contributed by atoms with Crippen molar-refractivity contribution in [1.82, 2.24) is 4.98 Å². The number of aromatic amines is 1. The van der Waals surface area contributed by atoms with Crippen LogP contribution in [0.3, 0.4) is 0 Å². The molecular weight excluding hydrogens is 472 g/mol. The van der Waals surface area contributed by atoms with E-state index in [-0.39, 0.29) is 10.8 Å². The Bertz CT molecular complexity index is 889. The van der Waals surface area contributed by atoms with E-state index >= 15 is 0 Å². The molecule has 0 bridgehead atoms. The zero-order valence-electron chi connectivity index (χ0n) is 13.3. The van der Waals surface area contributed by atoms with Crippen LogP contribution in [0.4, 0.5) is 0 Å². The average Bonchev–Trinajstić information content (AvgIpc) is 3.00. The molecule has 0 radical (unpaired) electrons. The van der Waals surface area contributed by atoms with Gasteiger partial charge in [0.05, 0.1) is 15.9 Å². The fraction of sp³-hybridized carbons (Fsp3) is 0.429. The summed E-state index contributed by atoms with van der Waals surface area (Å²) in [4.78, 5) is 21.0. The first-order valence-electron chi connectivity index (χ1n) is 7.59. The number of aliphatic hydroxyl groups excluding tert-OH is 4. The van der Waals surface area contributed by atoms with E-state index in [1.165, 1.54) is 6.20 Å². The molecule has 1 aliphatic rings. The number of halogens is 2. The summed E-state index contributed by atoms with van der Waals surface area (Å²) >= 11 is 9.51. The van der Waals surface area contributed by atoms with E-state index < -0.39 is 44.4 Å². The predicted molar refractivity (Wildman–Crippen MR) is 96.4 cm³/mol. The van der Waals surface area contributed by atoms with Crippen LogP contribution < -0.4 is 4.74 Å². The Morgan fingerprint density at radius 2 is 1.63 bits per heavy atom. The summed E-state index contributed by atoms with van der Waals surface area (Å²) in [5.74, 6) is 0.0791. The second kappa shape index (κ2) is 7.60. The molecule has 1 aromatic heterocycles. The van der Waals surface area contributed by atoms with E-state index in [9.17, 15) is 25.0 Å². The van der Waals surface area contributed by atoms with Crippen molar-refractivity contribution in [2.24, 2.45) is 0 Å². The van der Waals surface area contributed by atoms with Crippen LogP contribution in [0.25, 0.3) is 10.9 Å². The Kier molecular flexibility index (Phi) is 5.91. The lowest BCUT2D eigenvalue weighted by atomic mass is 9.85. The topological polar surface area (TPSA) is 173 Å². The van der Waals surface area contributed by atoms with Gasteiger partial charge in [-0.3, -0.25) is 4.52 Å². The summed E-state index contributed by atoms with van der Waals surface area (Å²) in [6.45, 7) is 0. The molecule has 0 amide bonds. The number of aromatic nitrogens is 1. The van der Waals surface area contributed by atoms with Gasteiger partial charge < -0.3 is 39.9 Å². The van der Waals surface area contributed by atoms with Crippen molar-refractivity contribution in [1.29, 1.82) is 0 Å². The lowest BCUT2D eigenvalue weighted by Crippen LogP contribution is -2.65. The minimum Gasteiger partial charge on any atom is -0.482 e. The van der Waals surface area contributed by atoms with Gasteiger partial charge in [0.15, 0.2) is 6.10 Å². The van der Waals surface area contributed by atoms with E-state index in [2.05, 4.69) is 25.4 Å². The van der Waals surface area contributed by atoms with Gasteiger partial charge in [0, 0.05) is 10.7 Å². The first-order chi connectivity index (χ1) is 12.5. The summed E-state index contributed by atoms with van der Waals surface area (Å²) in [7, 11) is -5.12. The maximum absolute atomic E-state index is 11.2. The molecule has 1 aromatic carbocycles. The van der Waals surface area contributed by atoms with Crippen LogP contribution >= 0.6 is 35.4 Å². The Balaban J connectivity index is 2.01. The normalized spacial score (nSPS) is 32.0. The van der Waals surface area contributed by atoms with Gasteiger partial charge in [0.25, 0.3) is 0 Å². The Hall–Kier alpha value is -0.720. The summed E-state index contributed by atoms with van der Waals surface area (Å²) in [6.07, 6.45) is -9.58. The molecule has 0 spiro atoms. The molecule has 150 valence electrons. The van der Waals surface area contributed by atoms with Crippen LogP contribution in [0.15, 0.2) is 22.8 Å². The SMILES string of the molecule is O=P(O)(O)O[C@H]1[C@@H](O)[C@H](O)[C@@H](O)[C@H](O)[C@H]1Oc1c[nH]c2ccc(Br)c(Cl)c12. The molecule has 1 heterocycles. The number of fused-ring (bicyclic) bond motifs is 1. The van der Waals surface area contributed by atoms with Crippen LogP contribution in [0.5, 0.6) is 5.75 Å². The molecular formula is C14H16BrClNO9P. The van der Waals surface area contributed by atoms with Crippen LogP contribution in [0.1, 0.15) is 0 Å². The number of hydrogen-bond donors (Lipinski definition) is 7. The van der Waals surface area contributed by atoms with Gasteiger partial charge in [-0.1, -0.05) is 11.6 Å². The number of benzene rings is 1. The number of aliphatic hydroxyl groups is 4. The Morgan fingerprint density at radius 1 is 1.04 bits per heavy atom. The first kappa shape index (κ1) is 21.0. The van der Waals surface area contributed by atoms with Crippen LogP contribution in [-0.2, 0) is 9.09 Å². The molecule has 10 nitrogen and oxygen atoms in total.